The number of amides is 1. The number of hydrogen-bond acceptors (Lipinski definition) is 5. The quantitative estimate of drug-likeness (QED) is 0.598. The van der Waals surface area contributed by atoms with E-state index in [9.17, 15) is 4.79 Å². The lowest BCUT2D eigenvalue weighted by Crippen LogP contribution is -2.11. The van der Waals surface area contributed by atoms with Gasteiger partial charge in [0.15, 0.2) is 0 Å². The average Bonchev–Trinajstić information content (AvgIpc) is 3.21. The Balaban J connectivity index is 1.67. The number of benzene rings is 1. The van der Waals surface area contributed by atoms with Crippen molar-refractivity contribution in [3.8, 4) is 11.3 Å². The van der Waals surface area contributed by atoms with Gasteiger partial charge >= 0.3 is 0 Å². The third-order valence-corrected chi connectivity index (χ3v) is 5.24. The third kappa shape index (κ3) is 2.97. The number of aromatic nitrogens is 4. The highest BCUT2D eigenvalue weighted by Crippen LogP contribution is 2.26. The first-order valence-corrected chi connectivity index (χ1v) is 8.95. The highest BCUT2D eigenvalue weighted by molar-refractivity contribution is 7.13. The Morgan fingerprint density at radius 2 is 1.88 bits per heavy atom. The molecule has 0 fully saturated rings. The van der Waals surface area contributed by atoms with Gasteiger partial charge in [0.1, 0.15) is 16.5 Å². The van der Waals surface area contributed by atoms with Crippen molar-refractivity contribution in [2.24, 2.45) is 7.05 Å². The van der Waals surface area contributed by atoms with Gasteiger partial charge in [-0.2, -0.15) is 0 Å². The maximum absolute atomic E-state index is 12.3. The number of anilines is 1. The number of fused-ring (bicyclic) bond motifs is 1. The number of pyridine rings is 1. The standard InChI is InChI=1S/C19H17N5OS/c1-11-20-9-16(24(11)3)13-4-5-14-8-22-18(7-15(14)6-13)23-19(25)17-10-21-12(2)26-17/h4-10H,1-3H3,(H,22,23,25). The summed E-state index contributed by atoms with van der Waals surface area (Å²) >= 11 is 1.36. The van der Waals surface area contributed by atoms with Crippen LogP contribution < -0.4 is 5.32 Å². The van der Waals surface area contributed by atoms with Crippen molar-refractivity contribution in [3.05, 3.63) is 58.6 Å². The lowest BCUT2D eigenvalue weighted by molar-refractivity contribution is 0.103. The smallest absolute Gasteiger partial charge is 0.268 e. The maximum atomic E-state index is 12.3. The van der Waals surface area contributed by atoms with Crippen LogP contribution in [0.15, 0.2) is 42.9 Å². The molecule has 0 bridgehead atoms. The van der Waals surface area contributed by atoms with Crippen molar-refractivity contribution in [1.29, 1.82) is 0 Å². The zero-order valence-electron chi connectivity index (χ0n) is 14.6. The Morgan fingerprint density at radius 1 is 1.04 bits per heavy atom. The molecule has 26 heavy (non-hydrogen) atoms. The number of rotatable bonds is 3. The van der Waals surface area contributed by atoms with Gasteiger partial charge in [-0.15, -0.1) is 11.3 Å². The first-order chi connectivity index (χ1) is 12.5. The van der Waals surface area contributed by atoms with E-state index in [2.05, 4.69) is 37.0 Å². The molecule has 0 aliphatic heterocycles. The van der Waals surface area contributed by atoms with Crippen LogP contribution in [0.25, 0.3) is 22.0 Å². The van der Waals surface area contributed by atoms with E-state index >= 15 is 0 Å². The molecule has 0 saturated heterocycles. The minimum Gasteiger partial charge on any atom is -0.331 e. The van der Waals surface area contributed by atoms with Gasteiger partial charge in [-0.1, -0.05) is 12.1 Å². The molecule has 4 rings (SSSR count). The average molecular weight is 363 g/mol. The monoisotopic (exact) mass is 363 g/mol. The lowest BCUT2D eigenvalue weighted by atomic mass is 10.1. The second kappa shape index (κ2) is 6.34. The van der Waals surface area contributed by atoms with Gasteiger partial charge in [0.25, 0.3) is 5.91 Å². The number of nitrogens with zero attached hydrogens (tertiary/aromatic N) is 4. The van der Waals surface area contributed by atoms with Crippen LogP contribution in [0, 0.1) is 13.8 Å². The van der Waals surface area contributed by atoms with Gasteiger partial charge in [0, 0.05) is 24.2 Å². The van der Waals surface area contributed by atoms with Crippen LogP contribution in [0.5, 0.6) is 0 Å². The van der Waals surface area contributed by atoms with E-state index in [0.717, 1.165) is 32.9 Å². The van der Waals surface area contributed by atoms with Crippen molar-refractivity contribution < 1.29 is 4.79 Å². The third-order valence-electron chi connectivity index (χ3n) is 4.32. The largest absolute Gasteiger partial charge is 0.331 e. The molecular formula is C19H17N5OS. The van der Waals surface area contributed by atoms with E-state index < -0.39 is 0 Å². The number of hydrogen-bond donors (Lipinski definition) is 1. The SMILES string of the molecule is Cc1ncc(C(=O)Nc2cc3cc(-c4cnc(C)n4C)ccc3cn2)s1. The Bertz CT molecular complexity index is 1130. The molecule has 3 aromatic heterocycles. The summed E-state index contributed by atoms with van der Waals surface area (Å²) in [5.41, 5.74) is 2.12. The molecule has 1 amide bonds. The summed E-state index contributed by atoms with van der Waals surface area (Å²) in [6.07, 6.45) is 5.22. The fourth-order valence-corrected chi connectivity index (χ4v) is 3.46. The highest BCUT2D eigenvalue weighted by atomic mass is 32.1. The van der Waals surface area contributed by atoms with Crippen molar-refractivity contribution in [2.75, 3.05) is 5.32 Å². The summed E-state index contributed by atoms with van der Waals surface area (Å²) in [6.45, 7) is 3.85. The summed E-state index contributed by atoms with van der Waals surface area (Å²) in [5, 5.41) is 5.72. The molecule has 1 N–H and O–H groups in total. The molecule has 0 radical (unpaired) electrons. The van der Waals surface area contributed by atoms with E-state index in [1.54, 1.807) is 12.4 Å². The van der Waals surface area contributed by atoms with Gasteiger partial charge in [-0.05, 0) is 31.4 Å². The number of thiazole rings is 1. The van der Waals surface area contributed by atoms with Crippen LogP contribution in [-0.4, -0.2) is 25.4 Å². The second-order valence-corrected chi connectivity index (χ2v) is 7.31. The van der Waals surface area contributed by atoms with Crippen LogP contribution in [0.2, 0.25) is 0 Å². The summed E-state index contributed by atoms with van der Waals surface area (Å²) in [5.74, 6) is 1.29. The predicted molar refractivity (Wildman–Crippen MR) is 103 cm³/mol. The molecule has 0 aliphatic rings. The summed E-state index contributed by atoms with van der Waals surface area (Å²) < 4.78 is 2.05. The minimum atomic E-state index is -0.194. The Morgan fingerprint density at radius 3 is 2.58 bits per heavy atom. The molecule has 7 heteroatoms. The number of aryl methyl sites for hydroxylation is 2. The lowest BCUT2D eigenvalue weighted by Gasteiger charge is -2.07. The fourth-order valence-electron chi connectivity index (χ4n) is 2.78. The topological polar surface area (TPSA) is 72.7 Å². The Kier molecular flexibility index (Phi) is 4.00. The molecule has 0 spiro atoms. The first-order valence-electron chi connectivity index (χ1n) is 8.13. The van der Waals surface area contributed by atoms with Crippen molar-refractivity contribution in [1.82, 2.24) is 19.5 Å². The van der Waals surface area contributed by atoms with Gasteiger partial charge in [-0.25, -0.2) is 15.0 Å². The van der Waals surface area contributed by atoms with Crippen molar-refractivity contribution >= 4 is 33.8 Å². The second-order valence-electron chi connectivity index (χ2n) is 6.08. The van der Waals surface area contributed by atoms with Gasteiger partial charge in [-0.3, -0.25) is 4.79 Å². The van der Waals surface area contributed by atoms with E-state index in [-0.39, 0.29) is 5.91 Å². The molecule has 0 saturated carbocycles. The molecule has 130 valence electrons. The zero-order chi connectivity index (χ0) is 18.3. The number of nitrogens with one attached hydrogen (secondary N) is 1. The van der Waals surface area contributed by atoms with E-state index in [1.807, 2.05) is 39.2 Å². The molecule has 0 unspecified atom stereocenters. The molecule has 6 nitrogen and oxygen atoms in total. The number of imidazole rings is 1. The Labute approximate surface area is 154 Å². The first kappa shape index (κ1) is 16.4. The van der Waals surface area contributed by atoms with Crippen LogP contribution in [0.4, 0.5) is 5.82 Å². The molecule has 0 atom stereocenters. The molecular weight excluding hydrogens is 346 g/mol. The number of carbonyl (C=O) groups is 1. The van der Waals surface area contributed by atoms with Crippen LogP contribution in [0.1, 0.15) is 20.5 Å². The zero-order valence-corrected chi connectivity index (χ0v) is 15.5. The van der Waals surface area contributed by atoms with E-state index in [4.69, 9.17) is 0 Å². The van der Waals surface area contributed by atoms with Crippen LogP contribution in [0.3, 0.4) is 0 Å². The molecule has 4 aromatic rings. The molecule has 0 aliphatic carbocycles. The van der Waals surface area contributed by atoms with Crippen LogP contribution in [-0.2, 0) is 7.05 Å². The summed E-state index contributed by atoms with van der Waals surface area (Å²) in [4.78, 5) is 25.7. The Hall–Kier alpha value is -3.06. The fraction of sp³-hybridized carbons (Fsp3) is 0.158. The van der Waals surface area contributed by atoms with Gasteiger partial charge in [0.05, 0.1) is 23.1 Å². The maximum Gasteiger partial charge on any atom is 0.268 e. The number of carbonyl (C=O) groups excluding carboxylic acids is 1. The van der Waals surface area contributed by atoms with Crippen molar-refractivity contribution in [2.45, 2.75) is 13.8 Å². The molecule has 3 heterocycles. The van der Waals surface area contributed by atoms with E-state index in [0.29, 0.717) is 10.7 Å². The van der Waals surface area contributed by atoms with E-state index in [1.165, 1.54) is 11.3 Å². The van der Waals surface area contributed by atoms with Gasteiger partial charge in [0.2, 0.25) is 0 Å². The predicted octanol–water partition coefficient (Wildman–Crippen LogP) is 3.96. The minimum absolute atomic E-state index is 0.194. The van der Waals surface area contributed by atoms with Gasteiger partial charge < -0.3 is 9.88 Å². The molecule has 1 aromatic carbocycles. The summed E-state index contributed by atoms with van der Waals surface area (Å²) in [7, 11) is 2.00. The van der Waals surface area contributed by atoms with Crippen molar-refractivity contribution in [3.63, 3.8) is 0 Å². The summed E-state index contributed by atoms with van der Waals surface area (Å²) in [6, 6.07) is 8.05. The van der Waals surface area contributed by atoms with Crippen LogP contribution >= 0.6 is 11.3 Å². The highest BCUT2D eigenvalue weighted by Gasteiger charge is 2.11. The normalized spacial score (nSPS) is 11.0.